The second-order valence-corrected chi connectivity index (χ2v) is 6.68. The van der Waals surface area contributed by atoms with E-state index >= 15 is 0 Å². The highest BCUT2D eigenvalue weighted by atomic mass is 32.1. The van der Waals surface area contributed by atoms with Crippen LogP contribution in [0.25, 0.3) is 11.1 Å². The number of benzene rings is 1. The number of hydrogen-bond acceptors (Lipinski definition) is 4. The van der Waals surface area contributed by atoms with E-state index in [9.17, 15) is 9.59 Å². The lowest BCUT2D eigenvalue weighted by Gasteiger charge is -2.10. The fourth-order valence-corrected chi connectivity index (χ4v) is 3.88. The number of primary amides is 1. The smallest absolute Gasteiger partial charge is 0.254 e. The number of hydrogen-bond donors (Lipinski definition) is 2. The van der Waals surface area contributed by atoms with Crippen LogP contribution in [0.2, 0.25) is 0 Å². The second-order valence-electron chi connectivity index (χ2n) is 5.46. The fraction of sp³-hybridized carbons (Fsp3) is 0.294. The molecule has 2 aromatic rings. The van der Waals surface area contributed by atoms with Crippen LogP contribution in [0.15, 0.2) is 30.3 Å². The quantitative estimate of drug-likeness (QED) is 0.904. The number of carbonyl (C=O) groups is 2. The van der Waals surface area contributed by atoms with Crippen LogP contribution in [0.4, 0.5) is 5.00 Å². The summed E-state index contributed by atoms with van der Waals surface area (Å²) in [4.78, 5) is 25.2. The minimum absolute atomic E-state index is 0.217. The fourth-order valence-electron chi connectivity index (χ4n) is 2.80. The first-order valence-electron chi connectivity index (χ1n) is 7.49. The van der Waals surface area contributed by atoms with Crippen LogP contribution in [0.5, 0.6) is 0 Å². The minimum Gasteiger partial charge on any atom is -0.368 e. The molecular formula is C17H18N2O3S. The monoisotopic (exact) mass is 330 g/mol. The van der Waals surface area contributed by atoms with E-state index in [1.54, 1.807) is 0 Å². The highest BCUT2D eigenvalue weighted by molar-refractivity contribution is 7.17. The predicted molar refractivity (Wildman–Crippen MR) is 90.6 cm³/mol. The number of rotatable bonds is 4. The van der Waals surface area contributed by atoms with Gasteiger partial charge in [-0.1, -0.05) is 30.3 Å². The molecule has 3 N–H and O–H groups in total. The maximum absolute atomic E-state index is 12.3. The number of nitrogens with two attached hydrogens (primary N) is 1. The van der Waals surface area contributed by atoms with Crippen LogP contribution in [-0.4, -0.2) is 24.5 Å². The third kappa shape index (κ3) is 3.13. The van der Waals surface area contributed by atoms with Crippen molar-refractivity contribution in [3.63, 3.8) is 0 Å². The topological polar surface area (TPSA) is 81.4 Å². The van der Waals surface area contributed by atoms with Crippen molar-refractivity contribution >= 4 is 28.2 Å². The summed E-state index contributed by atoms with van der Waals surface area (Å²) in [6.07, 6.45) is 1.13. The first-order valence-corrected chi connectivity index (χ1v) is 8.30. The van der Waals surface area contributed by atoms with Gasteiger partial charge in [0.1, 0.15) is 11.1 Å². The van der Waals surface area contributed by atoms with Crippen LogP contribution in [0, 0.1) is 6.92 Å². The molecule has 2 amide bonds. The molecule has 0 spiro atoms. The number of carbonyl (C=O) groups excluding carboxylic acids is 2. The SMILES string of the molecule is Cc1sc(NC(=O)[C@@H]2CCCO2)c(C(N)=O)c1-c1ccccc1. The van der Waals surface area contributed by atoms with E-state index in [0.29, 0.717) is 23.6 Å². The molecule has 1 aromatic carbocycles. The van der Waals surface area contributed by atoms with Crippen molar-refractivity contribution in [3.05, 3.63) is 40.8 Å². The highest BCUT2D eigenvalue weighted by Gasteiger charge is 2.27. The van der Waals surface area contributed by atoms with E-state index in [1.807, 2.05) is 37.3 Å². The molecule has 2 heterocycles. The van der Waals surface area contributed by atoms with Gasteiger partial charge in [-0.3, -0.25) is 9.59 Å². The largest absolute Gasteiger partial charge is 0.368 e. The molecule has 3 rings (SSSR count). The molecule has 1 aliphatic heterocycles. The zero-order valence-corrected chi connectivity index (χ0v) is 13.6. The Kier molecular flexibility index (Phi) is 4.45. The molecule has 5 nitrogen and oxygen atoms in total. The molecule has 1 aromatic heterocycles. The van der Waals surface area contributed by atoms with Crippen LogP contribution in [0.3, 0.4) is 0 Å². The van der Waals surface area contributed by atoms with Crippen molar-refractivity contribution in [1.82, 2.24) is 0 Å². The molecule has 23 heavy (non-hydrogen) atoms. The van der Waals surface area contributed by atoms with Crippen molar-refractivity contribution < 1.29 is 14.3 Å². The molecule has 0 aliphatic carbocycles. The van der Waals surface area contributed by atoms with Gasteiger partial charge in [0.25, 0.3) is 11.8 Å². The highest BCUT2D eigenvalue weighted by Crippen LogP contribution is 2.39. The second kappa shape index (κ2) is 6.52. The van der Waals surface area contributed by atoms with Gasteiger partial charge in [0.15, 0.2) is 0 Å². The summed E-state index contributed by atoms with van der Waals surface area (Å²) in [6, 6.07) is 9.57. The van der Waals surface area contributed by atoms with Gasteiger partial charge in [-0.2, -0.15) is 0 Å². The number of nitrogens with one attached hydrogen (secondary N) is 1. The Balaban J connectivity index is 1.98. The van der Waals surface area contributed by atoms with Crippen molar-refractivity contribution in [3.8, 4) is 11.1 Å². The molecule has 0 saturated carbocycles. The van der Waals surface area contributed by atoms with E-state index in [2.05, 4.69) is 5.32 Å². The molecule has 0 unspecified atom stereocenters. The average Bonchev–Trinajstić information content (AvgIpc) is 3.16. The van der Waals surface area contributed by atoms with E-state index in [-0.39, 0.29) is 5.91 Å². The van der Waals surface area contributed by atoms with Crippen molar-refractivity contribution in [2.24, 2.45) is 5.73 Å². The van der Waals surface area contributed by atoms with Crippen molar-refractivity contribution in [2.45, 2.75) is 25.9 Å². The Morgan fingerprint density at radius 1 is 1.30 bits per heavy atom. The Hall–Kier alpha value is -2.18. The first kappa shape index (κ1) is 15.7. The van der Waals surface area contributed by atoms with Gasteiger partial charge in [-0.15, -0.1) is 11.3 Å². The van der Waals surface area contributed by atoms with Gasteiger partial charge in [-0.05, 0) is 25.3 Å². The Labute approximate surface area is 138 Å². The van der Waals surface area contributed by atoms with Gasteiger partial charge in [0.2, 0.25) is 0 Å². The Morgan fingerprint density at radius 3 is 2.65 bits per heavy atom. The summed E-state index contributed by atoms with van der Waals surface area (Å²) in [6.45, 7) is 2.51. The lowest BCUT2D eigenvalue weighted by atomic mass is 10.0. The number of aryl methyl sites for hydroxylation is 1. The summed E-state index contributed by atoms with van der Waals surface area (Å²) in [7, 11) is 0. The molecule has 1 fully saturated rings. The molecular weight excluding hydrogens is 312 g/mol. The third-order valence-electron chi connectivity index (χ3n) is 3.85. The summed E-state index contributed by atoms with van der Waals surface area (Å²) in [5, 5.41) is 3.31. The molecule has 0 bridgehead atoms. The predicted octanol–water partition coefficient (Wildman–Crippen LogP) is 2.94. The Bertz CT molecular complexity index is 734. The number of thiophene rings is 1. The van der Waals surface area contributed by atoms with Gasteiger partial charge >= 0.3 is 0 Å². The van der Waals surface area contributed by atoms with E-state index in [0.717, 1.165) is 22.4 Å². The summed E-state index contributed by atoms with van der Waals surface area (Å²) in [5.74, 6) is -0.762. The van der Waals surface area contributed by atoms with E-state index in [1.165, 1.54) is 11.3 Å². The third-order valence-corrected chi connectivity index (χ3v) is 4.87. The zero-order valence-electron chi connectivity index (χ0n) is 12.8. The molecule has 1 atom stereocenters. The molecule has 6 heteroatoms. The number of ether oxygens (including phenoxy) is 1. The minimum atomic E-state index is -0.546. The van der Waals surface area contributed by atoms with Crippen LogP contribution < -0.4 is 11.1 Å². The van der Waals surface area contributed by atoms with Crippen LogP contribution in [0.1, 0.15) is 28.1 Å². The molecule has 0 radical (unpaired) electrons. The summed E-state index contributed by atoms with van der Waals surface area (Å²) in [5.41, 5.74) is 7.64. The number of anilines is 1. The molecule has 1 aliphatic rings. The van der Waals surface area contributed by atoms with E-state index in [4.69, 9.17) is 10.5 Å². The number of amides is 2. The standard InChI is InChI=1S/C17H18N2O3S/c1-10-13(11-6-3-2-4-7-11)14(15(18)20)17(23-10)19-16(21)12-8-5-9-22-12/h2-4,6-7,12H,5,8-9H2,1H3,(H2,18,20)(H,19,21)/t12-/m0/s1. The normalized spacial score (nSPS) is 17.2. The van der Waals surface area contributed by atoms with Gasteiger partial charge in [0, 0.05) is 17.0 Å². The lowest BCUT2D eigenvalue weighted by Crippen LogP contribution is -2.27. The maximum Gasteiger partial charge on any atom is 0.254 e. The Morgan fingerprint density at radius 2 is 2.04 bits per heavy atom. The first-order chi connectivity index (χ1) is 11.1. The maximum atomic E-state index is 12.3. The van der Waals surface area contributed by atoms with Crippen molar-refractivity contribution in [1.29, 1.82) is 0 Å². The van der Waals surface area contributed by atoms with Gasteiger partial charge < -0.3 is 15.8 Å². The molecule has 120 valence electrons. The van der Waals surface area contributed by atoms with E-state index < -0.39 is 12.0 Å². The van der Waals surface area contributed by atoms with Gasteiger partial charge in [0.05, 0.1) is 5.56 Å². The summed E-state index contributed by atoms with van der Waals surface area (Å²) >= 11 is 1.36. The lowest BCUT2D eigenvalue weighted by molar-refractivity contribution is -0.124. The molecule has 1 saturated heterocycles. The average molecular weight is 330 g/mol. The van der Waals surface area contributed by atoms with Crippen molar-refractivity contribution in [2.75, 3.05) is 11.9 Å². The van der Waals surface area contributed by atoms with Crippen LogP contribution >= 0.6 is 11.3 Å². The zero-order chi connectivity index (χ0) is 16.4. The summed E-state index contributed by atoms with van der Waals surface area (Å²) < 4.78 is 5.39. The van der Waals surface area contributed by atoms with Gasteiger partial charge in [-0.25, -0.2) is 0 Å². The van der Waals surface area contributed by atoms with Crippen LogP contribution in [-0.2, 0) is 9.53 Å².